The van der Waals surface area contributed by atoms with Crippen molar-refractivity contribution >= 4 is 5.95 Å². The topological polar surface area (TPSA) is 58.3 Å². The molecule has 0 bridgehead atoms. The number of hydrogen-bond acceptors (Lipinski definition) is 5. The highest BCUT2D eigenvalue weighted by atomic mass is 15.3. The summed E-state index contributed by atoms with van der Waals surface area (Å²) >= 11 is 0. The Labute approximate surface area is 109 Å². The third-order valence-corrected chi connectivity index (χ3v) is 3.33. The maximum Gasteiger partial charge on any atom is 0.225 e. The highest BCUT2D eigenvalue weighted by molar-refractivity contribution is 5.33. The van der Waals surface area contributed by atoms with Crippen LogP contribution in [-0.2, 0) is 6.42 Å². The van der Waals surface area contributed by atoms with Crippen molar-refractivity contribution in [3.8, 4) is 0 Å². The zero-order valence-electron chi connectivity index (χ0n) is 11.3. The van der Waals surface area contributed by atoms with E-state index < -0.39 is 0 Å². The van der Waals surface area contributed by atoms with Crippen molar-refractivity contribution in [3.63, 3.8) is 0 Å². The van der Waals surface area contributed by atoms with Crippen molar-refractivity contribution in [2.45, 2.75) is 25.3 Å². The summed E-state index contributed by atoms with van der Waals surface area (Å²) in [5.74, 6) is 0.861. The first-order chi connectivity index (χ1) is 8.70. The normalized spacial score (nSPS) is 19.8. The quantitative estimate of drug-likeness (QED) is 0.824. The number of aromatic nitrogens is 2. The highest BCUT2D eigenvalue weighted by Gasteiger charge is 2.26. The fraction of sp³-hybridized carbons (Fsp3) is 0.692. The summed E-state index contributed by atoms with van der Waals surface area (Å²) in [7, 11) is 4.23. The van der Waals surface area contributed by atoms with Crippen molar-refractivity contribution in [1.82, 2.24) is 14.9 Å². The molecular formula is C13H23N5. The van der Waals surface area contributed by atoms with Gasteiger partial charge in [0.2, 0.25) is 5.95 Å². The number of anilines is 1. The third kappa shape index (κ3) is 3.17. The molecule has 5 heteroatoms. The number of nitrogens with zero attached hydrogens (tertiary/aromatic N) is 4. The van der Waals surface area contributed by atoms with Crippen LogP contribution in [0, 0.1) is 0 Å². The lowest BCUT2D eigenvalue weighted by atomic mass is 10.2. The van der Waals surface area contributed by atoms with Gasteiger partial charge in [-0.3, -0.25) is 0 Å². The number of rotatable bonds is 5. The average Bonchev–Trinajstić information content (AvgIpc) is 2.78. The van der Waals surface area contributed by atoms with Gasteiger partial charge in [-0.15, -0.1) is 0 Å². The van der Waals surface area contributed by atoms with Crippen LogP contribution in [-0.4, -0.2) is 54.6 Å². The average molecular weight is 249 g/mol. The van der Waals surface area contributed by atoms with Crippen LogP contribution >= 0.6 is 0 Å². The van der Waals surface area contributed by atoms with Crippen LogP contribution in [0.3, 0.4) is 0 Å². The molecule has 1 unspecified atom stereocenters. The summed E-state index contributed by atoms with van der Waals surface area (Å²) in [6, 6.07) is 0.542. The Morgan fingerprint density at radius 2 is 2.11 bits per heavy atom. The molecule has 1 aliphatic heterocycles. The molecule has 100 valence electrons. The molecule has 2 rings (SSSR count). The standard InChI is InChI=1S/C13H23N5/c1-17(2)10-12-4-3-7-18(12)13-15-8-11(5-6-14)9-16-13/h8-9,12H,3-7,10,14H2,1-2H3. The predicted molar refractivity (Wildman–Crippen MR) is 73.7 cm³/mol. The Morgan fingerprint density at radius 1 is 1.39 bits per heavy atom. The van der Waals surface area contributed by atoms with E-state index in [0.29, 0.717) is 12.6 Å². The van der Waals surface area contributed by atoms with Crippen molar-refractivity contribution in [2.24, 2.45) is 5.73 Å². The maximum absolute atomic E-state index is 5.53. The lowest BCUT2D eigenvalue weighted by Gasteiger charge is -2.27. The second kappa shape index (κ2) is 6.11. The van der Waals surface area contributed by atoms with Crippen LogP contribution < -0.4 is 10.6 Å². The molecule has 1 fully saturated rings. The van der Waals surface area contributed by atoms with E-state index in [2.05, 4.69) is 33.9 Å². The van der Waals surface area contributed by atoms with Crippen LogP contribution in [0.25, 0.3) is 0 Å². The summed E-state index contributed by atoms with van der Waals surface area (Å²) in [5, 5.41) is 0. The Kier molecular flexibility index (Phi) is 4.49. The molecule has 1 aliphatic rings. The fourth-order valence-electron chi connectivity index (χ4n) is 2.50. The van der Waals surface area contributed by atoms with E-state index in [4.69, 9.17) is 5.73 Å². The lowest BCUT2D eigenvalue weighted by molar-refractivity contribution is 0.371. The Balaban J connectivity index is 2.05. The monoisotopic (exact) mass is 249 g/mol. The molecule has 0 radical (unpaired) electrons. The van der Waals surface area contributed by atoms with Gasteiger partial charge in [0, 0.05) is 31.5 Å². The van der Waals surface area contributed by atoms with Crippen LogP contribution in [0.5, 0.6) is 0 Å². The summed E-state index contributed by atoms with van der Waals surface area (Å²) in [6.45, 7) is 2.78. The minimum Gasteiger partial charge on any atom is -0.337 e. The van der Waals surface area contributed by atoms with Gasteiger partial charge in [0.1, 0.15) is 0 Å². The van der Waals surface area contributed by atoms with E-state index in [0.717, 1.165) is 31.0 Å². The van der Waals surface area contributed by atoms with Crippen LogP contribution in [0.15, 0.2) is 12.4 Å². The smallest absolute Gasteiger partial charge is 0.225 e. The zero-order valence-corrected chi connectivity index (χ0v) is 11.3. The molecule has 1 atom stereocenters. The molecule has 2 heterocycles. The van der Waals surface area contributed by atoms with Gasteiger partial charge < -0.3 is 15.5 Å². The first-order valence-corrected chi connectivity index (χ1v) is 6.63. The second-order valence-electron chi connectivity index (χ2n) is 5.18. The first kappa shape index (κ1) is 13.2. The molecule has 0 amide bonds. The Morgan fingerprint density at radius 3 is 2.72 bits per heavy atom. The number of likely N-dealkylation sites (N-methyl/N-ethyl adjacent to an activating group) is 1. The van der Waals surface area contributed by atoms with Gasteiger partial charge in [-0.1, -0.05) is 0 Å². The van der Waals surface area contributed by atoms with Gasteiger partial charge >= 0.3 is 0 Å². The molecule has 1 saturated heterocycles. The lowest BCUT2D eigenvalue weighted by Crippen LogP contribution is -2.38. The zero-order chi connectivity index (χ0) is 13.0. The molecule has 1 aromatic heterocycles. The summed E-state index contributed by atoms with van der Waals surface area (Å²) in [6.07, 6.45) is 7.11. The van der Waals surface area contributed by atoms with E-state index in [1.807, 2.05) is 12.4 Å². The molecule has 5 nitrogen and oxygen atoms in total. The molecule has 2 N–H and O–H groups in total. The summed E-state index contributed by atoms with van der Waals surface area (Å²) < 4.78 is 0. The molecule has 0 saturated carbocycles. The largest absolute Gasteiger partial charge is 0.337 e. The number of hydrogen-bond donors (Lipinski definition) is 1. The van der Waals surface area contributed by atoms with Crippen LogP contribution in [0.1, 0.15) is 18.4 Å². The minimum absolute atomic E-state index is 0.542. The molecule has 0 aliphatic carbocycles. The molecule has 0 aromatic carbocycles. The van der Waals surface area contributed by atoms with Gasteiger partial charge in [-0.2, -0.15) is 0 Å². The van der Waals surface area contributed by atoms with Crippen molar-refractivity contribution in [3.05, 3.63) is 18.0 Å². The summed E-state index contributed by atoms with van der Waals surface area (Å²) in [4.78, 5) is 13.5. The third-order valence-electron chi connectivity index (χ3n) is 3.33. The van der Waals surface area contributed by atoms with Gasteiger partial charge in [0.05, 0.1) is 0 Å². The van der Waals surface area contributed by atoms with Gasteiger partial charge in [0.25, 0.3) is 0 Å². The minimum atomic E-state index is 0.542. The van der Waals surface area contributed by atoms with Crippen LogP contribution in [0.4, 0.5) is 5.95 Å². The molecule has 0 spiro atoms. The van der Waals surface area contributed by atoms with Crippen molar-refractivity contribution < 1.29 is 0 Å². The molecular weight excluding hydrogens is 226 g/mol. The van der Waals surface area contributed by atoms with E-state index >= 15 is 0 Å². The first-order valence-electron chi connectivity index (χ1n) is 6.63. The van der Waals surface area contributed by atoms with E-state index in [9.17, 15) is 0 Å². The summed E-state index contributed by atoms with van der Waals surface area (Å²) in [5.41, 5.74) is 6.64. The highest BCUT2D eigenvalue weighted by Crippen LogP contribution is 2.22. The maximum atomic E-state index is 5.53. The molecule has 1 aromatic rings. The van der Waals surface area contributed by atoms with Gasteiger partial charge in [-0.05, 0) is 45.5 Å². The van der Waals surface area contributed by atoms with Gasteiger partial charge in [-0.25, -0.2) is 9.97 Å². The van der Waals surface area contributed by atoms with E-state index in [1.165, 1.54) is 12.8 Å². The van der Waals surface area contributed by atoms with Crippen molar-refractivity contribution in [1.29, 1.82) is 0 Å². The number of nitrogens with two attached hydrogens (primary N) is 1. The van der Waals surface area contributed by atoms with E-state index in [1.54, 1.807) is 0 Å². The van der Waals surface area contributed by atoms with Crippen LogP contribution in [0.2, 0.25) is 0 Å². The van der Waals surface area contributed by atoms with Crippen molar-refractivity contribution in [2.75, 3.05) is 38.6 Å². The SMILES string of the molecule is CN(C)CC1CCCN1c1ncc(CCN)cn1. The Bertz CT molecular complexity index is 362. The van der Waals surface area contributed by atoms with E-state index in [-0.39, 0.29) is 0 Å². The Hall–Kier alpha value is -1.20. The molecule has 18 heavy (non-hydrogen) atoms. The second-order valence-corrected chi connectivity index (χ2v) is 5.18. The predicted octanol–water partition coefficient (Wildman–Crippen LogP) is 0.508. The fourth-order valence-corrected chi connectivity index (χ4v) is 2.50. The van der Waals surface area contributed by atoms with Gasteiger partial charge in [0.15, 0.2) is 0 Å².